The Morgan fingerprint density at radius 3 is 2.13 bits per heavy atom. The maximum absolute atomic E-state index is 7.01. The molecule has 260 valence electrons. The second-order valence-corrected chi connectivity index (χ2v) is 19.9. The minimum Gasteiger partial charge on any atom is -0.469 e. The van der Waals surface area contributed by atoms with Gasteiger partial charge in [-0.25, -0.2) is 0 Å². The second kappa shape index (κ2) is 9.86. The SMILES string of the molecule is CC(C)(C)c1ccc2c(c1)B1c3cc4c(cc3-c3cc(C(C)(C)C)cc5c3N1c1c-2ccc2c1B5c1oc3ccccc3c1S2)C(C)(C)c1ccccc1-4. The van der Waals surface area contributed by atoms with Crippen LogP contribution in [0.3, 0.4) is 0 Å². The van der Waals surface area contributed by atoms with E-state index in [0.717, 1.165) is 11.2 Å². The van der Waals surface area contributed by atoms with Gasteiger partial charge in [0.05, 0.1) is 10.6 Å². The van der Waals surface area contributed by atoms with E-state index in [4.69, 9.17) is 4.42 Å². The molecule has 0 atom stereocenters. The Labute approximate surface area is 323 Å². The van der Waals surface area contributed by atoms with Gasteiger partial charge in [0.1, 0.15) is 5.58 Å². The van der Waals surface area contributed by atoms with Crippen LogP contribution in [-0.4, -0.2) is 13.6 Å². The Bertz CT molecular complexity index is 2880. The van der Waals surface area contributed by atoms with Crippen LogP contribution in [0.2, 0.25) is 0 Å². The predicted octanol–water partition coefficient (Wildman–Crippen LogP) is 9.53. The van der Waals surface area contributed by atoms with E-state index in [-0.39, 0.29) is 29.8 Å². The molecular weight excluding hydrogens is 672 g/mol. The summed E-state index contributed by atoms with van der Waals surface area (Å²) in [5.41, 5.74) is 24.0. The van der Waals surface area contributed by atoms with Gasteiger partial charge in [0.15, 0.2) is 0 Å². The van der Waals surface area contributed by atoms with E-state index in [0.29, 0.717) is 0 Å². The lowest BCUT2D eigenvalue weighted by atomic mass is 9.32. The van der Waals surface area contributed by atoms with Crippen molar-refractivity contribution >= 4 is 75.2 Å². The molecule has 0 amide bonds. The minimum absolute atomic E-state index is 0.00128. The fourth-order valence-corrected chi connectivity index (χ4v) is 11.9. The third-order valence-corrected chi connectivity index (χ3v) is 14.6. The largest absolute Gasteiger partial charge is 0.469 e. The van der Waals surface area contributed by atoms with E-state index in [1.807, 2.05) is 11.8 Å². The third kappa shape index (κ3) is 3.77. The standard InChI is InChI=1S/C49H41B2NOS/c1-47(2,3)26-17-18-29-30-19-20-41-42-44(30)52-43-34(21-27(48(4,5)6)23-39(43)50(42)46-45(54-41)31-14-10-12-16-40(31)53-46)33-24-36-32(25-38(33)51(52)37(29)22-26)28-13-9-11-15-35(28)49(36,7)8/h9-25H,1-8H3. The van der Waals surface area contributed by atoms with Crippen molar-refractivity contribution in [3.63, 3.8) is 0 Å². The quantitative estimate of drug-likeness (QED) is 0.146. The zero-order chi connectivity index (χ0) is 36.8. The molecule has 0 spiro atoms. The van der Waals surface area contributed by atoms with Crippen molar-refractivity contribution in [2.75, 3.05) is 4.81 Å². The van der Waals surface area contributed by atoms with Crippen LogP contribution in [0.25, 0.3) is 44.3 Å². The Kier molecular flexibility index (Phi) is 5.75. The second-order valence-electron chi connectivity index (χ2n) is 18.9. The van der Waals surface area contributed by atoms with Crippen LogP contribution in [0, 0.1) is 0 Å². The monoisotopic (exact) mass is 713 g/mol. The first-order chi connectivity index (χ1) is 25.8. The average Bonchev–Trinajstić information content (AvgIpc) is 3.63. The van der Waals surface area contributed by atoms with Crippen molar-refractivity contribution in [2.45, 2.75) is 81.4 Å². The Balaban J connectivity index is 1.27. The summed E-state index contributed by atoms with van der Waals surface area (Å²) in [6, 6.07) is 40.2. The van der Waals surface area contributed by atoms with E-state index in [1.165, 1.54) is 104 Å². The van der Waals surface area contributed by atoms with Crippen LogP contribution in [0.1, 0.15) is 77.6 Å². The van der Waals surface area contributed by atoms with Gasteiger partial charge in [-0.3, -0.25) is 0 Å². The lowest BCUT2D eigenvalue weighted by Gasteiger charge is -2.50. The van der Waals surface area contributed by atoms with Gasteiger partial charge in [0.25, 0.3) is 6.71 Å². The molecule has 1 aromatic heterocycles. The lowest BCUT2D eigenvalue weighted by molar-refractivity contribution is 0.590. The molecule has 0 unspecified atom stereocenters. The molecule has 6 aromatic carbocycles. The number of hydrogen-bond donors (Lipinski definition) is 0. The first-order valence-electron chi connectivity index (χ1n) is 19.6. The van der Waals surface area contributed by atoms with Crippen LogP contribution < -0.4 is 32.3 Å². The summed E-state index contributed by atoms with van der Waals surface area (Å²) in [7, 11) is 0. The molecule has 2 nitrogen and oxygen atoms in total. The molecule has 1 aliphatic carbocycles. The zero-order valence-electron chi connectivity index (χ0n) is 32.2. The van der Waals surface area contributed by atoms with Crippen LogP contribution in [0.15, 0.2) is 117 Å². The summed E-state index contributed by atoms with van der Waals surface area (Å²) >= 11 is 1.90. The van der Waals surface area contributed by atoms with Crippen molar-refractivity contribution in [2.24, 2.45) is 0 Å². The van der Waals surface area contributed by atoms with E-state index in [1.54, 1.807) is 0 Å². The van der Waals surface area contributed by atoms with Gasteiger partial charge in [0, 0.05) is 38.2 Å². The molecule has 5 heterocycles. The first kappa shape index (κ1) is 31.5. The maximum atomic E-state index is 7.01. The van der Waals surface area contributed by atoms with Gasteiger partial charge >= 0.3 is 6.85 Å². The Hall–Kier alpha value is -4.86. The summed E-state index contributed by atoms with van der Waals surface area (Å²) in [6.07, 6.45) is 0. The van der Waals surface area contributed by atoms with Crippen LogP contribution in [-0.2, 0) is 16.2 Å². The summed E-state index contributed by atoms with van der Waals surface area (Å²) in [6.45, 7) is 19.0. The molecule has 0 radical (unpaired) electrons. The van der Waals surface area contributed by atoms with Crippen molar-refractivity contribution in [1.29, 1.82) is 0 Å². The van der Waals surface area contributed by atoms with Crippen molar-refractivity contribution in [3.8, 4) is 33.4 Å². The summed E-state index contributed by atoms with van der Waals surface area (Å²) < 4.78 is 7.01. The average molecular weight is 714 g/mol. The highest BCUT2D eigenvalue weighted by molar-refractivity contribution is 8.00. The summed E-state index contributed by atoms with van der Waals surface area (Å²) in [4.78, 5) is 5.39. The van der Waals surface area contributed by atoms with Gasteiger partial charge in [-0.05, 0) is 101 Å². The maximum Gasteiger partial charge on any atom is 0.329 e. The molecular formula is C49H41B2NOS. The van der Waals surface area contributed by atoms with Crippen LogP contribution >= 0.6 is 11.8 Å². The van der Waals surface area contributed by atoms with Crippen LogP contribution in [0.4, 0.5) is 11.4 Å². The molecule has 0 bridgehead atoms. The minimum atomic E-state index is -0.0951. The number of rotatable bonds is 0. The number of furan rings is 1. The summed E-state index contributed by atoms with van der Waals surface area (Å²) in [5, 5.41) is 1.21. The molecule has 0 fully saturated rings. The first-order valence-corrected chi connectivity index (χ1v) is 20.4. The highest BCUT2D eigenvalue weighted by Gasteiger charge is 2.53. The van der Waals surface area contributed by atoms with Gasteiger partial charge in [-0.15, -0.1) is 0 Å². The van der Waals surface area contributed by atoms with Crippen molar-refractivity contribution in [3.05, 3.63) is 125 Å². The summed E-state index contributed by atoms with van der Waals surface area (Å²) in [5.74, 6) is 0. The van der Waals surface area contributed by atoms with Gasteiger partial charge in [-0.2, -0.15) is 0 Å². The van der Waals surface area contributed by atoms with Gasteiger partial charge in [-0.1, -0.05) is 146 Å². The number of anilines is 2. The van der Waals surface area contributed by atoms with E-state index >= 15 is 0 Å². The lowest BCUT2D eigenvalue weighted by Crippen LogP contribution is -2.68. The number of hydrogen-bond acceptors (Lipinski definition) is 3. The van der Waals surface area contributed by atoms with E-state index in [2.05, 4.69) is 163 Å². The Morgan fingerprint density at radius 1 is 0.593 bits per heavy atom. The number of para-hydroxylation sites is 1. The van der Waals surface area contributed by atoms with Crippen LogP contribution in [0.5, 0.6) is 0 Å². The molecule has 4 aliphatic heterocycles. The highest BCUT2D eigenvalue weighted by Crippen LogP contribution is 2.54. The van der Waals surface area contributed by atoms with Crippen molar-refractivity contribution in [1.82, 2.24) is 0 Å². The number of fused-ring (bicyclic) bond motifs is 14. The zero-order valence-corrected chi connectivity index (χ0v) is 33.0. The fraction of sp³-hybridized carbons (Fsp3) is 0.224. The molecule has 5 heteroatoms. The highest BCUT2D eigenvalue weighted by atomic mass is 32.2. The molecule has 5 aliphatic rings. The molecule has 12 rings (SSSR count). The molecule has 0 N–H and O–H groups in total. The van der Waals surface area contributed by atoms with E-state index < -0.39 is 0 Å². The van der Waals surface area contributed by atoms with Gasteiger partial charge in [0.2, 0.25) is 0 Å². The topological polar surface area (TPSA) is 16.4 Å². The number of nitrogens with zero attached hydrogens (tertiary/aromatic N) is 1. The Morgan fingerprint density at radius 2 is 1.31 bits per heavy atom. The molecule has 0 saturated carbocycles. The molecule has 7 aromatic rings. The normalized spacial score (nSPS) is 16.1. The number of benzene rings is 6. The van der Waals surface area contributed by atoms with E-state index in [9.17, 15) is 0 Å². The fourth-order valence-electron chi connectivity index (χ4n) is 10.6. The third-order valence-electron chi connectivity index (χ3n) is 13.4. The molecule has 0 saturated heterocycles. The smallest absolute Gasteiger partial charge is 0.329 e. The molecule has 54 heavy (non-hydrogen) atoms. The van der Waals surface area contributed by atoms with Gasteiger partial charge < -0.3 is 9.23 Å². The predicted molar refractivity (Wildman–Crippen MR) is 231 cm³/mol. The van der Waals surface area contributed by atoms with Crippen molar-refractivity contribution < 1.29 is 4.42 Å².